The van der Waals surface area contributed by atoms with Crippen LogP contribution in [0.1, 0.15) is 0 Å². The monoisotopic (exact) mass is 269 g/mol. The quantitative estimate of drug-likeness (QED) is 0.280. The summed E-state index contributed by atoms with van der Waals surface area (Å²) in [6.45, 7) is 3.34. The van der Waals surface area contributed by atoms with E-state index in [4.69, 9.17) is 4.74 Å². The number of nitro benzene ring substituents is 1. The molecule has 0 fully saturated rings. The Morgan fingerprint density at radius 2 is 1.80 bits per heavy atom. The number of ether oxygens (including phenoxy) is 1. The first-order chi connectivity index (χ1) is 9.61. The van der Waals surface area contributed by atoms with Crippen LogP contribution in [0.4, 0.5) is 5.69 Å². The third-order valence-corrected chi connectivity index (χ3v) is 2.65. The first kappa shape index (κ1) is 13.5. The van der Waals surface area contributed by atoms with Crippen LogP contribution >= 0.6 is 0 Å². The molecule has 0 atom stereocenters. The molecule has 100 valence electrons. The van der Waals surface area contributed by atoms with E-state index in [9.17, 15) is 14.9 Å². The van der Waals surface area contributed by atoms with Gasteiger partial charge in [0.15, 0.2) is 0 Å². The molecule has 2 aromatic carbocycles. The predicted molar refractivity (Wildman–Crippen MR) is 74.4 cm³/mol. The zero-order valence-corrected chi connectivity index (χ0v) is 10.5. The van der Waals surface area contributed by atoms with Crippen molar-refractivity contribution in [1.29, 1.82) is 0 Å². The Kier molecular flexibility index (Phi) is 3.91. The highest BCUT2D eigenvalue weighted by molar-refractivity contribution is 5.85. The van der Waals surface area contributed by atoms with Gasteiger partial charge in [0.2, 0.25) is 0 Å². The summed E-state index contributed by atoms with van der Waals surface area (Å²) in [7, 11) is 0. The molecule has 0 amide bonds. The fourth-order valence-corrected chi connectivity index (χ4v) is 1.71. The number of rotatable bonds is 4. The van der Waals surface area contributed by atoms with Crippen molar-refractivity contribution in [3.05, 3.63) is 71.3 Å². The van der Waals surface area contributed by atoms with Crippen LogP contribution in [0.5, 0.6) is 5.75 Å². The second-order valence-electron chi connectivity index (χ2n) is 3.93. The molecule has 0 saturated carbocycles. The zero-order chi connectivity index (χ0) is 14.5. The average molecular weight is 269 g/mol. The highest BCUT2D eigenvalue weighted by Gasteiger charge is 2.10. The van der Waals surface area contributed by atoms with Crippen LogP contribution in [0.3, 0.4) is 0 Å². The number of hydrogen-bond donors (Lipinski definition) is 0. The number of carbonyl (C=O) groups is 1. The molecule has 0 aliphatic rings. The van der Waals surface area contributed by atoms with Gasteiger partial charge in [-0.15, -0.1) is 0 Å². The SMILES string of the molecule is C=CC(=O)Oc1ccccc1-c1ccc([N+](=O)[O-])cc1. The highest BCUT2D eigenvalue weighted by atomic mass is 16.6. The molecule has 0 heterocycles. The van der Waals surface area contributed by atoms with Crippen molar-refractivity contribution in [2.75, 3.05) is 0 Å². The van der Waals surface area contributed by atoms with Gasteiger partial charge < -0.3 is 4.74 Å². The number of carbonyl (C=O) groups excluding carboxylic acids is 1. The molecule has 2 aromatic rings. The summed E-state index contributed by atoms with van der Waals surface area (Å²) in [5.41, 5.74) is 1.41. The fraction of sp³-hybridized carbons (Fsp3) is 0. The van der Waals surface area contributed by atoms with Crippen molar-refractivity contribution < 1.29 is 14.5 Å². The van der Waals surface area contributed by atoms with Crippen molar-refractivity contribution >= 4 is 11.7 Å². The van der Waals surface area contributed by atoms with Gasteiger partial charge in [-0.25, -0.2) is 4.79 Å². The summed E-state index contributed by atoms with van der Waals surface area (Å²) in [6.07, 6.45) is 1.08. The summed E-state index contributed by atoms with van der Waals surface area (Å²) < 4.78 is 5.14. The van der Waals surface area contributed by atoms with E-state index in [0.717, 1.165) is 11.6 Å². The Hall–Kier alpha value is -2.95. The Bertz CT molecular complexity index is 662. The third kappa shape index (κ3) is 2.89. The van der Waals surface area contributed by atoms with E-state index in [1.54, 1.807) is 36.4 Å². The predicted octanol–water partition coefficient (Wildman–Crippen LogP) is 3.35. The van der Waals surface area contributed by atoms with Crippen LogP contribution in [-0.2, 0) is 4.79 Å². The number of hydrogen-bond acceptors (Lipinski definition) is 4. The van der Waals surface area contributed by atoms with Gasteiger partial charge in [-0.3, -0.25) is 10.1 Å². The lowest BCUT2D eigenvalue weighted by molar-refractivity contribution is -0.384. The minimum Gasteiger partial charge on any atom is -0.423 e. The minimum absolute atomic E-state index is 0.00863. The van der Waals surface area contributed by atoms with Gasteiger partial charge in [0.05, 0.1) is 4.92 Å². The van der Waals surface area contributed by atoms with Gasteiger partial charge in [0.1, 0.15) is 5.75 Å². The molecule has 0 bridgehead atoms. The number of nitrogens with zero attached hydrogens (tertiary/aromatic N) is 1. The van der Waals surface area contributed by atoms with Gasteiger partial charge in [0, 0.05) is 23.8 Å². The summed E-state index contributed by atoms with van der Waals surface area (Å²) in [5, 5.41) is 10.6. The molecule has 5 heteroatoms. The molecule has 2 rings (SSSR count). The molecule has 0 N–H and O–H groups in total. The molecule has 20 heavy (non-hydrogen) atoms. The summed E-state index contributed by atoms with van der Waals surface area (Å²) in [6, 6.07) is 13.0. The van der Waals surface area contributed by atoms with Gasteiger partial charge in [0.25, 0.3) is 5.69 Å². The van der Waals surface area contributed by atoms with E-state index in [2.05, 4.69) is 6.58 Å². The number of non-ortho nitro benzene ring substituents is 1. The topological polar surface area (TPSA) is 69.4 Å². The fourth-order valence-electron chi connectivity index (χ4n) is 1.71. The maximum atomic E-state index is 11.3. The number of nitro groups is 1. The highest BCUT2D eigenvalue weighted by Crippen LogP contribution is 2.31. The molecule has 0 aliphatic carbocycles. The van der Waals surface area contributed by atoms with Gasteiger partial charge in [-0.1, -0.05) is 24.8 Å². The van der Waals surface area contributed by atoms with E-state index < -0.39 is 10.9 Å². The zero-order valence-electron chi connectivity index (χ0n) is 10.5. The lowest BCUT2D eigenvalue weighted by Gasteiger charge is -2.08. The molecule has 0 aliphatic heterocycles. The van der Waals surface area contributed by atoms with E-state index in [1.807, 2.05) is 0 Å². The smallest absolute Gasteiger partial charge is 0.335 e. The van der Waals surface area contributed by atoms with Crippen LogP contribution in [0.2, 0.25) is 0 Å². The first-order valence-corrected chi connectivity index (χ1v) is 5.80. The van der Waals surface area contributed by atoms with Gasteiger partial charge in [-0.2, -0.15) is 0 Å². The second kappa shape index (κ2) is 5.79. The van der Waals surface area contributed by atoms with Crippen molar-refractivity contribution in [3.63, 3.8) is 0 Å². The van der Waals surface area contributed by atoms with Crippen LogP contribution in [0.15, 0.2) is 61.2 Å². The van der Waals surface area contributed by atoms with Crippen molar-refractivity contribution in [2.24, 2.45) is 0 Å². The lowest BCUT2D eigenvalue weighted by Crippen LogP contribution is -2.04. The van der Waals surface area contributed by atoms with E-state index >= 15 is 0 Å². The molecule has 0 saturated heterocycles. The van der Waals surface area contributed by atoms with Gasteiger partial charge >= 0.3 is 5.97 Å². The normalized spacial score (nSPS) is 9.80. The molecule has 5 nitrogen and oxygen atoms in total. The molecule has 0 spiro atoms. The lowest BCUT2D eigenvalue weighted by atomic mass is 10.0. The Balaban J connectivity index is 2.39. The second-order valence-corrected chi connectivity index (χ2v) is 3.93. The van der Waals surface area contributed by atoms with Crippen molar-refractivity contribution in [3.8, 4) is 16.9 Å². The molecular weight excluding hydrogens is 258 g/mol. The molecule has 0 aromatic heterocycles. The Morgan fingerprint density at radius 1 is 1.15 bits per heavy atom. The third-order valence-electron chi connectivity index (χ3n) is 2.65. The number of benzene rings is 2. The largest absolute Gasteiger partial charge is 0.423 e. The van der Waals surface area contributed by atoms with Crippen LogP contribution in [0.25, 0.3) is 11.1 Å². The number of para-hydroxylation sites is 1. The van der Waals surface area contributed by atoms with E-state index in [-0.39, 0.29) is 5.69 Å². The first-order valence-electron chi connectivity index (χ1n) is 5.80. The maximum Gasteiger partial charge on any atom is 0.335 e. The minimum atomic E-state index is -0.556. The summed E-state index contributed by atoms with van der Waals surface area (Å²) in [4.78, 5) is 21.4. The molecule has 0 unspecified atom stereocenters. The summed E-state index contributed by atoms with van der Waals surface area (Å²) in [5.74, 6) is -0.175. The number of esters is 1. The van der Waals surface area contributed by atoms with Gasteiger partial charge in [-0.05, 0) is 23.8 Å². The van der Waals surface area contributed by atoms with Crippen LogP contribution < -0.4 is 4.74 Å². The molecular formula is C15H11NO4. The van der Waals surface area contributed by atoms with E-state index in [0.29, 0.717) is 11.3 Å². The van der Waals surface area contributed by atoms with Crippen molar-refractivity contribution in [2.45, 2.75) is 0 Å². The molecule has 0 radical (unpaired) electrons. The summed E-state index contributed by atoms with van der Waals surface area (Å²) >= 11 is 0. The van der Waals surface area contributed by atoms with Crippen LogP contribution in [-0.4, -0.2) is 10.9 Å². The Labute approximate surface area is 115 Å². The van der Waals surface area contributed by atoms with Crippen molar-refractivity contribution in [1.82, 2.24) is 0 Å². The maximum absolute atomic E-state index is 11.3. The van der Waals surface area contributed by atoms with E-state index in [1.165, 1.54) is 12.1 Å². The van der Waals surface area contributed by atoms with Crippen LogP contribution in [0, 0.1) is 10.1 Å². The Morgan fingerprint density at radius 3 is 2.40 bits per heavy atom. The standard InChI is InChI=1S/C15H11NO4/c1-2-15(17)20-14-6-4-3-5-13(14)11-7-9-12(10-8-11)16(18)19/h2-10H,1H2. The average Bonchev–Trinajstić information content (AvgIpc) is 2.48.